The zero-order valence-electron chi connectivity index (χ0n) is 14.1. The van der Waals surface area contributed by atoms with Gasteiger partial charge in [0.2, 0.25) is 0 Å². The Bertz CT molecular complexity index is 979. The molecule has 0 atom stereocenters. The summed E-state index contributed by atoms with van der Waals surface area (Å²) in [7, 11) is 1.74. The number of amides is 1. The molecule has 6 nitrogen and oxygen atoms in total. The Hall–Kier alpha value is -2.86. The number of pyridine rings is 1. The number of nitrogens with one attached hydrogen (secondary N) is 2. The number of carbonyl (C=O) groups excluding carboxylic acids is 1. The molecule has 0 aliphatic carbocycles. The van der Waals surface area contributed by atoms with Crippen molar-refractivity contribution in [3.05, 3.63) is 58.6 Å². The fourth-order valence-corrected chi connectivity index (χ4v) is 3.34. The average molecular weight is 336 g/mol. The lowest BCUT2D eigenvalue weighted by Crippen LogP contribution is -2.46. The number of hydrogen-bond donors (Lipinski definition) is 2. The molecular formula is C19H20N4O2. The van der Waals surface area contributed by atoms with Crippen LogP contribution < -0.4 is 10.9 Å². The van der Waals surface area contributed by atoms with Crippen LogP contribution >= 0.6 is 0 Å². The van der Waals surface area contributed by atoms with Crippen molar-refractivity contribution in [3.63, 3.8) is 0 Å². The maximum atomic E-state index is 12.6. The molecule has 1 aliphatic heterocycles. The summed E-state index contributed by atoms with van der Waals surface area (Å²) in [5.41, 5.74) is 3.20. The Morgan fingerprint density at radius 3 is 2.52 bits per heavy atom. The van der Waals surface area contributed by atoms with Crippen molar-refractivity contribution in [3.8, 4) is 11.1 Å². The van der Waals surface area contributed by atoms with Crippen molar-refractivity contribution in [2.45, 2.75) is 0 Å². The summed E-state index contributed by atoms with van der Waals surface area (Å²) in [6.07, 6.45) is 3.61. The predicted molar refractivity (Wildman–Crippen MR) is 97.7 cm³/mol. The number of H-pyrrole nitrogens is 1. The molecule has 0 saturated carbocycles. The van der Waals surface area contributed by atoms with Gasteiger partial charge in [0.1, 0.15) is 5.52 Å². The molecule has 4 rings (SSSR count). The molecule has 25 heavy (non-hydrogen) atoms. The van der Waals surface area contributed by atoms with Crippen molar-refractivity contribution in [2.75, 3.05) is 26.2 Å². The number of rotatable bonds is 2. The minimum absolute atomic E-state index is 0.0470. The number of piperazine rings is 1. The summed E-state index contributed by atoms with van der Waals surface area (Å²) in [6, 6.07) is 9.53. The van der Waals surface area contributed by atoms with E-state index >= 15 is 0 Å². The number of aryl methyl sites for hydroxylation is 1. The molecule has 0 spiro atoms. The van der Waals surface area contributed by atoms with E-state index < -0.39 is 0 Å². The van der Waals surface area contributed by atoms with Crippen LogP contribution in [0.5, 0.6) is 0 Å². The van der Waals surface area contributed by atoms with Gasteiger partial charge in [-0.05, 0) is 23.8 Å². The third-order valence-electron chi connectivity index (χ3n) is 4.74. The number of benzene rings is 1. The van der Waals surface area contributed by atoms with E-state index in [1.165, 1.54) is 0 Å². The van der Waals surface area contributed by atoms with Crippen LogP contribution in [-0.2, 0) is 7.05 Å². The standard InChI is InChI=1S/C19H20N4O2/c1-22-12-16(15-6-7-21-17(15)19(22)25)13-2-4-14(5-3-13)18(24)23-10-8-20-9-11-23/h2-7,12,20-21H,8-11H2,1H3. The van der Waals surface area contributed by atoms with Crippen molar-refractivity contribution in [1.82, 2.24) is 19.8 Å². The Labute approximate surface area is 145 Å². The van der Waals surface area contributed by atoms with Crippen LogP contribution in [0, 0.1) is 0 Å². The quantitative estimate of drug-likeness (QED) is 0.746. The minimum atomic E-state index is -0.0470. The highest BCUT2D eigenvalue weighted by atomic mass is 16.2. The molecule has 2 N–H and O–H groups in total. The first-order valence-corrected chi connectivity index (χ1v) is 8.42. The summed E-state index contributed by atoms with van der Waals surface area (Å²) in [4.78, 5) is 29.6. The van der Waals surface area contributed by atoms with Crippen LogP contribution in [0.1, 0.15) is 10.4 Å². The van der Waals surface area contributed by atoms with E-state index in [0.717, 1.165) is 42.7 Å². The third kappa shape index (κ3) is 2.74. The number of aromatic amines is 1. The molecule has 128 valence electrons. The topological polar surface area (TPSA) is 70.1 Å². The zero-order chi connectivity index (χ0) is 17.4. The number of carbonyl (C=O) groups is 1. The van der Waals surface area contributed by atoms with Crippen LogP contribution in [0.15, 0.2) is 47.5 Å². The molecule has 0 radical (unpaired) electrons. The van der Waals surface area contributed by atoms with Crippen LogP contribution in [0.25, 0.3) is 22.0 Å². The van der Waals surface area contributed by atoms with E-state index in [2.05, 4.69) is 10.3 Å². The van der Waals surface area contributed by atoms with E-state index in [-0.39, 0.29) is 11.5 Å². The number of fused-ring (bicyclic) bond motifs is 1. The monoisotopic (exact) mass is 336 g/mol. The smallest absolute Gasteiger partial charge is 0.274 e. The molecular weight excluding hydrogens is 316 g/mol. The van der Waals surface area contributed by atoms with Crippen LogP contribution in [0.3, 0.4) is 0 Å². The van der Waals surface area contributed by atoms with Gasteiger partial charge in [-0.15, -0.1) is 0 Å². The van der Waals surface area contributed by atoms with Gasteiger partial charge in [-0.1, -0.05) is 12.1 Å². The molecule has 3 aromatic rings. The Morgan fingerprint density at radius 1 is 1.08 bits per heavy atom. The largest absolute Gasteiger partial charge is 0.357 e. The van der Waals surface area contributed by atoms with Gasteiger partial charge in [-0.2, -0.15) is 0 Å². The highest BCUT2D eigenvalue weighted by Crippen LogP contribution is 2.26. The summed E-state index contributed by atoms with van der Waals surface area (Å²) >= 11 is 0. The van der Waals surface area contributed by atoms with Crippen molar-refractivity contribution in [1.29, 1.82) is 0 Å². The SMILES string of the molecule is Cn1cc(-c2ccc(C(=O)N3CCNCC3)cc2)c2cc[nH]c2c1=O. The van der Waals surface area contributed by atoms with Gasteiger partial charge in [0, 0.05) is 62.1 Å². The number of nitrogens with zero attached hydrogens (tertiary/aromatic N) is 2. The molecule has 0 bridgehead atoms. The van der Waals surface area contributed by atoms with E-state index in [9.17, 15) is 9.59 Å². The second-order valence-electron chi connectivity index (χ2n) is 6.34. The van der Waals surface area contributed by atoms with Crippen LogP contribution in [0.4, 0.5) is 0 Å². The normalized spacial score (nSPS) is 14.8. The fourth-order valence-electron chi connectivity index (χ4n) is 3.34. The molecule has 1 amide bonds. The summed E-state index contributed by atoms with van der Waals surface area (Å²) in [5.74, 6) is 0.0697. The zero-order valence-corrected chi connectivity index (χ0v) is 14.1. The van der Waals surface area contributed by atoms with Gasteiger partial charge in [-0.3, -0.25) is 9.59 Å². The molecule has 3 heterocycles. The lowest BCUT2D eigenvalue weighted by atomic mass is 10.0. The van der Waals surface area contributed by atoms with Gasteiger partial charge in [0.15, 0.2) is 0 Å². The number of hydrogen-bond acceptors (Lipinski definition) is 3. The molecule has 1 aromatic carbocycles. The van der Waals surface area contributed by atoms with E-state index in [4.69, 9.17) is 0 Å². The second kappa shape index (κ2) is 6.22. The van der Waals surface area contributed by atoms with Gasteiger partial charge in [0.25, 0.3) is 11.5 Å². The van der Waals surface area contributed by atoms with Gasteiger partial charge in [-0.25, -0.2) is 0 Å². The average Bonchev–Trinajstić information content (AvgIpc) is 3.15. The van der Waals surface area contributed by atoms with Gasteiger partial charge in [0.05, 0.1) is 0 Å². The lowest BCUT2D eigenvalue weighted by molar-refractivity contribution is 0.0736. The molecule has 1 aliphatic rings. The van der Waals surface area contributed by atoms with E-state index in [0.29, 0.717) is 11.1 Å². The minimum Gasteiger partial charge on any atom is -0.357 e. The molecule has 2 aromatic heterocycles. The maximum Gasteiger partial charge on any atom is 0.274 e. The second-order valence-corrected chi connectivity index (χ2v) is 6.34. The Morgan fingerprint density at radius 2 is 1.80 bits per heavy atom. The summed E-state index contributed by atoms with van der Waals surface area (Å²) in [5, 5.41) is 4.14. The van der Waals surface area contributed by atoms with Crippen molar-refractivity contribution < 1.29 is 4.79 Å². The van der Waals surface area contributed by atoms with Crippen molar-refractivity contribution in [2.24, 2.45) is 7.05 Å². The molecule has 0 unspecified atom stereocenters. The highest BCUT2D eigenvalue weighted by Gasteiger charge is 2.18. The lowest BCUT2D eigenvalue weighted by Gasteiger charge is -2.27. The van der Waals surface area contributed by atoms with E-state index in [1.54, 1.807) is 17.8 Å². The maximum absolute atomic E-state index is 12.6. The van der Waals surface area contributed by atoms with Crippen LogP contribution in [0.2, 0.25) is 0 Å². The van der Waals surface area contributed by atoms with Gasteiger partial charge < -0.3 is 19.8 Å². The first-order valence-electron chi connectivity index (χ1n) is 8.42. The Kier molecular flexibility index (Phi) is 3.89. The number of aromatic nitrogens is 2. The third-order valence-corrected chi connectivity index (χ3v) is 4.74. The Balaban J connectivity index is 1.69. The predicted octanol–water partition coefficient (Wildman–Crippen LogP) is 1.58. The van der Waals surface area contributed by atoms with Gasteiger partial charge >= 0.3 is 0 Å². The first kappa shape index (κ1) is 15.7. The fraction of sp³-hybridized carbons (Fsp3) is 0.263. The van der Waals surface area contributed by atoms with Crippen LogP contribution in [-0.4, -0.2) is 46.5 Å². The summed E-state index contributed by atoms with van der Waals surface area (Å²) < 4.78 is 1.58. The van der Waals surface area contributed by atoms with Crippen molar-refractivity contribution >= 4 is 16.8 Å². The molecule has 1 fully saturated rings. The molecule has 6 heteroatoms. The van der Waals surface area contributed by atoms with E-state index in [1.807, 2.05) is 41.4 Å². The first-order chi connectivity index (χ1) is 12.1. The molecule has 1 saturated heterocycles. The summed E-state index contributed by atoms with van der Waals surface area (Å²) in [6.45, 7) is 3.16. The highest BCUT2D eigenvalue weighted by molar-refractivity contribution is 5.97.